The number of carbonyl (C=O) groups is 2. The van der Waals surface area contributed by atoms with Gasteiger partial charge in [0.1, 0.15) is 6.04 Å². The molecule has 1 N–H and O–H groups in total. The first-order valence-corrected chi connectivity index (χ1v) is 14.3. The summed E-state index contributed by atoms with van der Waals surface area (Å²) in [7, 11) is 0.868. The van der Waals surface area contributed by atoms with Crippen molar-refractivity contribution in [3.05, 3.63) is 95.6 Å². The summed E-state index contributed by atoms with van der Waals surface area (Å²) < 4.78 is 35.7. The molecule has 0 saturated heterocycles. The molecule has 1 unspecified atom stereocenters. The lowest BCUT2D eigenvalue weighted by Crippen LogP contribution is -2.47. The van der Waals surface area contributed by atoms with Crippen LogP contribution in [0.1, 0.15) is 22.7 Å². The highest BCUT2D eigenvalue weighted by atomic mass is 32.2. The lowest BCUT2D eigenvalue weighted by atomic mass is 10.0. The molecular weight excluding hydrogens is 518 g/mol. The van der Waals surface area contributed by atoms with E-state index in [0.717, 1.165) is 21.7 Å². The molecule has 3 aromatic carbocycles. The molecule has 3 aromatic rings. The van der Waals surface area contributed by atoms with Gasteiger partial charge in [-0.15, -0.1) is 0 Å². The summed E-state index contributed by atoms with van der Waals surface area (Å²) in [4.78, 5) is 28.7. The minimum atomic E-state index is -3.60. The molecule has 0 saturated carbocycles. The van der Waals surface area contributed by atoms with Crippen LogP contribution in [0.15, 0.2) is 78.9 Å². The maximum atomic E-state index is 13.7. The standard InChI is InChI=1S/C29H35N3O6S/c1-31(39(4,35)36)21-27(33)32(20-23-11-7-5-8-12-23)28(24-13-9-6-10-14-24)29(34)30-18-17-22-15-16-25(37-2)26(19-22)38-3/h5-16,19,28H,17-18,20-21H2,1-4H3,(H,30,34). The van der Waals surface area contributed by atoms with Crippen LogP contribution in [0.5, 0.6) is 11.5 Å². The summed E-state index contributed by atoms with van der Waals surface area (Å²) >= 11 is 0. The van der Waals surface area contributed by atoms with Crippen LogP contribution < -0.4 is 14.8 Å². The van der Waals surface area contributed by atoms with Gasteiger partial charge in [0.15, 0.2) is 11.5 Å². The second-order valence-electron chi connectivity index (χ2n) is 9.07. The Kier molecular flexibility index (Phi) is 10.5. The summed E-state index contributed by atoms with van der Waals surface area (Å²) in [5.41, 5.74) is 2.37. The van der Waals surface area contributed by atoms with Gasteiger partial charge in [0.2, 0.25) is 21.8 Å². The van der Waals surface area contributed by atoms with Crippen LogP contribution in [-0.2, 0) is 32.6 Å². The first-order valence-electron chi connectivity index (χ1n) is 12.4. The Morgan fingerprint density at radius 2 is 1.49 bits per heavy atom. The van der Waals surface area contributed by atoms with E-state index < -0.39 is 28.5 Å². The molecule has 1 atom stereocenters. The fourth-order valence-electron chi connectivity index (χ4n) is 4.07. The Labute approximate surface area is 230 Å². The van der Waals surface area contributed by atoms with Crippen LogP contribution >= 0.6 is 0 Å². The Balaban J connectivity index is 1.88. The van der Waals surface area contributed by atoms with E-state index in [4.69, 9.17) is 9.47 Å². The minimum absolute atomic E-state index is 0.125. The van der Waals surface area contributed by atoms with E-state index in [9.17, 15) is 18.0 Å². The number of nitrogens with one attached hydrogen (secondary N) is 1. The molecule has 0 radical (unpaired) electrons. The molecular formula is C29H35N3O6S. The third-order valence-corrected chi connectivity index (χ3v) is 7.54. The van der Waals surface area contributed by atoms with Gasteiger partial charge in [-0.1, -0.05) is 66.7 Å². The lowest BCUT2D eigenvalue weighted by Gasteiger charge is -2.32. The first-order chi connectivity index (χ1) is 18.6. The van der Waals surface area contributed by atoms with Crippen molar-refractivity contribution in [2.45, 2.75) is 19.0 Å². The number of likely N-dealkylation sites (N-methyl/N-ethyl adjacent to an activating group) is 1. The van der Waals surface area contributed by atoms with Gasteiger partial charge in [-0.05, 0) is 35.2 Å². The molecule has 0 heterocycles. The molecule has 2 amide bonds. The molecule has 3 rings (SSSR count). The van der Waals surface area contributed by atoms with Crippen molar-refractivity contribution in [1.82, 2.24) is 14.5 Å². The van der Waals surface area contributed by atoms with Gasteiger partial charge in [0.05, 0.1) is 27.0 Å². The first kappa shape index (κ1) is 29.7. The van der Waals surface area contributed by atoms with Crippen LogP contribution in [0, 0.1) is 0 Å². The predicted octanol–water partition coefficient (Wildman–Crippen LogP) is 3.02. The van der Waals surface area contributed by atoms with Crippen molar-refractivity contribution in [1.29, 1.82) is 0 Å². The molecule has 0 bridgehead atoms. The highest BCUT2D eigenvalue weighted by molar-refractivity contribution is 7.88. The van der Waals surface area contributed by atoms with Gasteiger partial charge < -0.3 is 19.7 Å². The number of nitrogens with zero attached hydrogens (tertiary/aromatic N) is 2. The molecule has 208 valence electrons. The van der Waals surface area contributed by atoms with Crippen LogP contribution in [0.4, 0.5) is 0 Å². The molecule has 0 spiro atoms. The Morgan fingerprint density at radius 1 is 0.872 bits per heavy atom. The third kappa shape index (κ3) is 8.30. The largest absolute Gasteiger partial charge is 0.493 e. The van der Waals surface area contributed by atoms with Gasteiger partial charge in [0, 0.05) is 20.1 Å². The van der Waals surface area contributed by atoms with E-state index in [1.807, 2.05) is 48.5 Å². The summed E-state index contributed by atoms with van der Waals surface area (Å²) in [6.07, 6.45) is 1.56. The van der Waals surface area contributed by atoms with Gasteiger partial charge in [-0.25, -0.2) is 8.42 Å². The number of rotatable bonds is 13. The van der Waals surface area contributed by atoms with Gasteiger partial charge in [-0.2, -0.15) is 4.31 Å². The van der Waals surface area contributed by atoms with E-state index in [1.165, 1.54) is 11.9 Å². The SMILES string of the molecule is COc1ccc(CCNC(=O)C(c2ccccc2)N(Cc2ccccc2)C(=O)CN(C)S(C)(=O)=O)cc1OC. The Bertz CT molecular complexity index is 1350. The number of benzene rings is 3. The Hall–Kier alpha value is -3.89. The number of amides is 2. The summed E-state index contributed by atoms with van der Waals surface area (Å²) in [5, 5.41) is 2.96. The van der Waals surface area contributed by atoms with E-state index in [2.05, 4.69) is 5.32 Å². The minimum Gasteiger partial charge on any atom is -0.493 e. The molecule has 0 aliphatic rings. The molecule has 39 heavy (non-hydrogen) atoms. The summed E-state index contributed by atoms with van der Waals surface area (Å²) in [6, 6.07) is 22.9. The number of hydrogen-bond donors (Lipinski definition) is 1. The lowest BCUT2D eigenvalue weighted by molar-refractivity contribution is -0.141. The topological polar surface area (TPSA) is 105 Å². The molecule has 0 aliphatic carbocycles. The van der Waals surface area contributed by atoms with Crippen LogP contribution in [0.3, 0.4) is 0 Å². The van der Waals surface area contributed by atoms with Crippen LogP contribution in [0.2, 0.25) is 0 Å². The monoisotopic (exact) mass is 553 g/mol. The van der Waals surface area contributed by atoms with Crippen molar-refractivity contribution >= 4 is 21.8 Å². The average Bonchev–Trinajstić information content (AvgIpc) is 2.93. The van der Waals surface area contributed by atoms with Crippen molar-refractivity contribution in [3.8, 4) is 11.5 Å². The van der Waals surface area contributed by atoms with Crippen molar-refractivity contribution in [3.63, 3.8) is 0 Å². The van der Waals surface area contributed by atoms with Crippen LogP contribution in [0.25, 0.3) is 0 Å². The molecule has 0 aromatic heterocycles. The number of carbonyl (C=O) groups excluding carboxylic acids is 2. The summed E-state index contributed by atoms with van der Waals surface area (Å²) in [5.74, 6) is 0.352. The second-order valence-corrected chi connectivity index (χ2v) is 11.2. The van der Waals surface area contributed by atoms with Crippen molar-refractivity contribution in [2.75, 3.05) is 40.6 Å². The zero-order valence-electron chi connectivity index (χ0n) is 22.7. The quantitative estimate of drug-likeness (QED) is 0.349. The number of hydrogen-bond acceptors (Lipinski definition) is 6. The second kappa shape index (κ2) is 13.8. The number of ether oxygens (including phenoxy) is 2. The molecule has 10 heteroatoms. The van der Waals surface area contributed by atoms with E-state index >= 15 is 0 Å². The van der Waals surface area contributed by atoms with Crippen molar-refractivity contribution < 1.29 is 27.5 Å². The third-order valence-electron chi connectivity index (χ3n) is 6.28. The maximum absolute atomic E-state index is 13.7. The maximum Gasteiger partial charge on any atom is 0.247 e. The molecule has 0 aliphatic heterocycles. The molecule has 9 nitrogen and oxygen atoms in total. The predicted molar refractivity (Wildman–Crippen MR) is 150 cm³/mol. The highest BCUT2D eigenvalue weighted by Gasteiger charge is 2.32. The average molecular weight is 554 g/mol. The fourth-order valence-corrected chi connectivity index (χ4v) is 4.42. The van der Waals surface area contributed by atoms with Crippen molar-refractivity contribution in [2.24, 2.45) is 0 Å². The normalized spacial score (nSPS) is 12.0. The van der Waals surface area contributed by atoms with E-state index in [-0.39, 0.29) is 12.5 Å². The van der Waals surface area contributed by atoms with E-state index in [0.29, 0.717) is 30.0 Å². The van der Waals surface area contributed by atoms with Gasteiger partial charge in [-0.3, -0.25) is 9.59 Å². The zero-order valence-corrected chi connectivity index (χ0v) is 23.5. The Morgan fingerprint density at radius 3 is 2.08 bits per heavy atom. The smallest absolute Gasteiger partial charge is 0.247 e. The summed E-state index contributed by atoms with van der Waals surface area (Å²) in [6.45, 7) is 0.0438. The van der Waals surface area contributed by atoms with E-state index in [1.54, 1.807) is 44.6 Å². The van der Waals surface area contributed by atoms with Crippen LogP contribution in [-0.4, -0.2) is 70.0 Å². The van der Waals surface area contributed by atoms with Gasteiger partial charge in [0.25, 0.3) is 0 Å². The highest BCUT2D eigenvalue weighted by Crippen LogP contribution is 2.28. The molecule has 0 fully saturated rings. The number of methoxy groups -OCH3 is 2. The zero-order chi connectivity index (χ0) is 28.4. The fraction of sp³-hybridized carbons (Fsp3) is 0.310. The van der Waals surface area contributed by atoms with Gasteiger partial charge >= 0.3 is 0 Å². The number of sulfonamides is 1.